The second kappa shape index (κ2) is 3.83. The van der Waals surface area contributed by atoms with Crippen molar-refractivity contribution in [3.05, 3.63) is 35.4 Å². The van der Waals surface area contributed by atoms with Gasteiger partial charge >= 0.3 is 0 Å². The Morgan fingerprint density at radius 2 is 1.92 bits per heavy atom. The van der Waals surface area contributed by atoms with Crippen molar-refractivity contribution >= 4 is 0 Å². The molecule has 0 radical (unpaired) electrons. The summed E-state index contributed by atoms with van der Waals surface area (Å²) in [6.07, 6.45) is -0.221. The van der Waals surface area contributed by atoms with Gasteiger partial charge in [-0.25, -0.2) is 8.78 Å². The van der Waals surface area contributed by atoms with Crippen LogP contribution in [-0.2, 0) is 13.0 Å². The van der Waals surface area contributed by atoms with Gasteiger partial charge in [-0.05, 0) is 18.1 Å². The molecule has 1 nitrogen and oxygen atoms in total. The van der Waals surface area contributed by atoms with E-state index in [1.807, 2.05) is 6.07 Å². The molecule has 0 amide bonds. The van der Waals surface area contributed by atoms with E-state index in [-0.39, 0.29) is 6.42 Å². The molecular weight excluding hydrogens is 172 g/mol. The van der Waals surface area contributed by atoms with Crippen molar-refractivity contribution in [2.45, 2.75) is 25.8 Å². The lowest BCUT2D eigenvalue weighted by atomic mass is 10.1. The Labute approximate surface area is 76.6 Å². The smallest absolute Gasteiger partial charge is 0.249 e. The molecule has 0 saturated carbocycles. The lowest BCUT2D eigenvalue weighted by Gasteiger charge is -2.10. The van der Waals surface area contributed by atoms with Crippen LogP contribution in [0.1, 0.15) is 18.1 Å². The van der Waals surface area contributed by atoms with Crippen LogP contribution in [0.5, 0.6) is 0 Å². The third-order valence-electron chi connectivity index (χ3n) is 1.74. The lowest BCUT2D eigenvalue weighted by Crippen LogP contribution is -2.13. The predicted octanol–water partition coefficient (Wildman–Crippen LogP) is 2.34. The minimum absolute atomic E-state index is 0.221. The summed E-state index contributed by atoms with van der Waals surface area (Å²) in [4.78, 5) is 0. The molecule has 0 aliphatic rings. The van der Waals surface area contributed by atoms with Crippen LogP contribution in [-0.4, -0.2) is 5.92 Å². The topological polar surface area (TPSA) is 26.0 Å². The molecule has 1 rings (SSSR count). The lowest BCUT2D eigenvalue weighted by molar-refractivity contribution is 0.0226. The van der Waals surface area contributed by atoms with Gasteiger partial charge in [0.25, 0.3) is 0 Å². The summed E-state index contributed by atoms with van der Waals surface area (Å²) < 4.78 is 25.2. The third kappa shape index (κ3) is 3.51. The van der Waals surface area contributed by atoms with Crippen LogP contribution in [0, 0.1) is 0 Å². The standard InChI is InChI=1S/C10H13F2N/c1-10(11,12)6-8-3-2-4-9(5-8)7-13/h2-5H,6-7,13H2,1H3. The Hall–Kier alpha value is -0.960. The summed E-state index contributed by atoms with van der Waals surface area (Å²) in [5.41, 5.74) is 6.92. The maximum Gasteiger partial charge on any atom is 0.249 e. The summed E-state index contributed by atoms with van der Waals surface area (Å²) in [6.45, 7) is 1.31. The molecule has 0 atom stereocenters. The van der Waals surface area contributed by atoms with Crippen LogP contribution in [0.25, 0.3) is 0 Å². The Bertz CT molecular complexity index is 278. The molecule has 0 heterocycles. The van der Waals surface area contributed by atoms with E-state index < -0.39 is 5.92 Å². The van der Waals surface area contributed by atoms with Gasteiger partial charge in [-0.2, -0.15) is 0 Å². The Balaban J connectivity index is 2.78. The van der Waals surface area contributed by atoms with Gasteiger partial charge in [-0.15, -0.1) is 0 Å². The van der Waals surface area contributed by atoms with Crippen molar-refractivity contribution in [3.63, 3.8) is 0 Å². The number of hydrogen-bond acceptors (Lipinski definition) is 1. The van der Waals surface area contributed by atoms with E-state index in [4.69, 9.17) is 5.73 Å². The molecule has 0 bridgehead atoms. The van der Waals surface area contributed by atoms with Gasteiger partial charge in [0.1, 0.15) is 0 Å². The molecule has 1 aromatic carbocycles. The van der Waals surface area contributed by atoms with Crippen molar-refractivity contribution in [1.29, 1.82) is 0 Å². The normalized spacial score (nSPS) is 11.7. The molecule has 2 N–H and O–H groups in total. The summed E-state index contributed by atoms with van der Waals surface area (Å²) in [6, 6.07) is 6.99. The summed E-state index contributed by atoms with van der Waals surface area (Å²) in [5, 5.41) is 0. The predicted molar refractivity (Wildman–Crippen MR) is 48.7 cm³/mol. The van der Waals surface area contributed by atoms with Crippen LogP contribution in [0.2, 0.25) is 0 Å². The van der Waals surface area contributed by atoms with Crippen LogP contribution >= 0.6 is 0 Å². The van der Waals surface area contributed by atoms with Crippen molar-refractivity contribution in [2.75, 3.05) is 0 Å². The first-order chi connectivity index (χ1) is 6.01. The van der Waals surface area contributed by atoms with Crippen molar-refractivity contribution in [1.82, 2.24) is 0 Å². The fourth-order valence-electron chi connectivity index (χ4n) is 1.23. The molecule has 0 saturated heterocycles. The fourth-order valence-corrected chi connectivity index (χ4v) is 1.23. The molecule has 72 valence electrons. The molecule has 13 heavy (non-hydrogen) atoms. The molecule has 0 aliphatic heterocycles. The van der Waals surface area contributed by atoms with Crippen LogP contribution in [0.15, 0.2) is 24.3 Å². The summed E-state index contributed by atoms with van der Waals surface area (Å²) >= 11 is 0. The van der Waals surface area contributed by atoms with E-state index in [9.17, 15) is 8.78 Å². The Morgan fingerprint density at radius 1 is 1.31 bits per heavy atom. The van der Waals surface area contributed by atoms with Gasteiger partial charge < -0.3 is 5.73 Å². The second-order valence-electron chi connectivity index (χ2n) is 3.27. The molecule has 1 aromatic rings. The number of rotatable bonds is 3. The average molecular weight is 185 g/mol. The molecular formula is C10H13F2N. The summed E-state index contributed by atoms with van der Waals surface area (Å²) in [7, 11) is 0. The first-order valence-corrected chi connectivity index (χ1v) is 4.17. The maximum atomic E-state index is 12.6. The zero-order valence-electron chi connectivity index (χ0n) is 7.56. The van der Waals surface area contributed by atoms with Crippen LogP contribution in [0.4, 0.5) is 8.78 Å². The van der Waals surface area contributed by atoms with Crippen molar-refractivity contribution in [2.24, 2.45) is 5.73 Å². The molecule has 0 aromatic heterocycles. The largest absolute Gasteiger partial charge is 0.326 e. The molecule has 0 aliphatic carbocycles. The minimum Gasteiger partial charge on any atom is -0.326 e. The highest BCUT2D eigenvalue weighted by Gasteiger charge is 2.21. The maximum absolute atomic E-state index is 12.6. The van der Waals surface area contributed by atoms with Crippen LogP contribution < -0.4 is 5.73 Å². The zero-order chi connectivity index (χ0) is 9.90. The quantitative estimate of drug-likeness (QED) is 0.768. The van der Waals surface area contributed by atoms with E-state index in [1.165, 1.54) is 0 Å². The van der Waals surface area contributed by atoms with E-state index in [2.05, 4.69) is 0 Å². The van der Waals surface area contributed by atoms with Gasteiger partial charge in [0.05, 0.1) is 0 Å². The van der Waals surface area contributed by atoms with Gasteiger partial charge in [0, 0.05) is 13.0 Å². The summed E-state index contributed by atoms with van der Waals surface area (Å²) in [5.74, 6) is -2.65. The average Bonchev–Trinajstić information content (AvgIpc) is 2.01. The third-order valence-corrected chi connectivity index (χ3v) is 1.74. The fraction of sp³-hybridized carbons (Fsp3) is 0.400. The van der Waals surface area contributed by atoms with Gasteiger partial charge in [-0.1, -0.05) is 24.3 Å². The van der Waals surface area contributed by atoms with Crippen LogP contribution in [0.3, 0.4) is 0 Å². The van der Waals surface area contributed by atoms with Gasteiger partial charge in [0.15, 0.2) is 0 Å². The van der Waals surface area contributed by atoms with Gasteiger partial charge in [0.2, 0.25) is 5.92 Å². The first kappa shape index (κ1) is 10.1. The van der Waals surface area contributed by atoms with E-state index in [0.29, 0.717) is 12.1 Å². The monoisotopic (exact) mass is 185 g/mol. The zero-order valence-corrected chi connectivity index (χ0v) is 7.56. The van der Waals surface area contributed by atoms with E-state index >= 15 is 0 Å². The molecule has 0 unspecified atom stereocenters. The van der Waals surface area contributed by atoms with E-state index in [1.54, 1.807) is 18.2 Å². The molecule has 3 heteroatoms. The number of hydrogen-bond donors (Lipinski definition) is 1. The first-order valence-electron chi connectivity index (χ1n) is 4.17. The molecule has 0 spiro atoms. The number of alkyl halides is 2. The highest BCUT2D eigenvalue weighted by Crippen LogP contribution is 2.19. The van der Waals surface area contributed by atoms with Crippen molar-refractivity contribution in [3.8, 4) is 0 Å². The Morgan fingerprint density at radius 3 is 2.46 bits per heavy atom. The number of nitrogens with two attached hydrogens (primary N) is 1. The van der Waals surface area contributed by atoms with E-state index in [0.717, 1.165) is 12.5 Å². The minimum atomic E-state index is -2.65. The molecule has 0 fully saturated rings. The van der Waals surface area contributed by atoms with Gasteiger partial charge in [-0.3, -0.25) is 0 Å². The second-order valence-corrected chi connectivity index (χ2v) is 3.27. The SMILES string of the molecule is CC(F)(F)Cc1cccc(CN)c1. The number of halogens is 2. The highest BCUT2D eigenvalue weighted by atomic mass is 19.3. The highest BCUT2D eigenvalue weighted by molar-refractivity contribution is 5.24. The Kier molecular flexibility index (Phi) is 2.98. The number of benzene rings is 1. The van der Waals surface area contributed by atoms with Crippen molar-refractivity contribution < 1.29 is 8.78 Å².